The van der Waals surface area contributed by atoms with Gasteiger partial charge in [0.25, 0.3) is 5.91 Å². The van der Waals surface area contributed by atoms with Crippen LogP contribution in [0.5, 0.6) is 0 Å². The standard InChI is InChI=1S/C15H14ClN3O4S/c1-18-24(22,23)13-8-10(4-7-12(13)16)15(21)19-11-5-2-9(3-6-11)14(17)20/h2-8,18H,1H3,(H2,17,20)(H,19,21). The molecule has 2 aromatic rings. The van der Waals surface area contributed by atoms with Crippen molar-refractivity contribution < 1.29 is 18.0 Å². The summed E-state index contributed by atoms with van der Waals surface area (Å²) in [6.07, 6.45) is 0. The van der Waals surface area contributed by atoms with Crippen molar-refractivity contribution in [2.75, 3.05) is 12.4 Å². The molecular formula is C15H14ClN3O4S. The third-order valence-electron chi connectivity index (χ3n) is 3.18. The molecule has 4 N–H and O–H groups in total. The van der Waals surface area contributed by atoms with Crippen molar-refractivity contribution in [1.82, 2.24) is 4.72 Å². The topological polar surface area (TPSA) is 118 Å². The van der Waals surface area contributed by atoms with Gasteiger partial charge in [0, 0.05) is 16.8 Å². The second kappa shape index (κ2) is 7.00. The number of amides is 2. The molecule has 126 valence electrons. The molecule has 0 aliphatic carbocycles. The number of rotatable bonds is 5. The molecule has 0 aliphatic rings. The van der Waals surface area contributed by atoms with Gasteiger partial charge in [-0.25, -0.2) is 13.1 Å². The van der Waals surface area contributed by atoms with E-state index in [1.54, 1.807) is 0 Å². The van der Waals surface area contributed by atoms with E-state index in [1.807, 2.05) is 0 Å². The molecule has 0 unspecified atom stereocenters. The maximum Gasteiger partial charge on any atom is 0.255 e. The van der Waals surface area contributed by atoms with E-state index in [0.29, 0.717) is 11.3 Å². The molecule has 0 aliphatic heterocycles. The van der Waals surface area contributed by atoms with E-state index in [2.05, 4.69) is 10.0 Å². The molecule has 2 amide bonds. The molecule has 2 aromatic carbocycles. The van der Waals surface area contributed by atoms with Gasteiger partial charge in [-0.15, -0.1) is 0 Å². The van der Waals surface area contributed by atoms with Crippen molar-refractivity contribution in [2.24, 2.45) is 5.73 Å². The molecule has 7 nitrogen and oxygen atoms in total. The third kappa shape index (κ3) is 3.91. The number of hydrogen-bond acceptors (Lipinski definition) is 4. The van der Waals surface area contributed by atoms with E-state index < -0.39 is 21.8 Å². The van der Waals surface area contributed by atoms with Gasteiger partial charge in [-0.1, -0.05) is 11.6 Å². The number of sulfonamides is 1. The van der Waals surface area contributed by atoms with Crippen molar-refractivity contribution in [3.63, 3.8) is 0 Å². The van der Waals surface area contributed by atoms with Crippen LogP contribution < -0.4 is 15.8 Å². The number of nitrogens with two attached hydrogens (primary N) is 1. The molecule has 9 heteroatoms. The van der Waals surface area contributed by atoms with Crippen LogP contribution in [0, 0.1) is 0 Å². The lowest BCUT2D eigenvalue weighted by Gasteiger charge is -2.09. The fourth-order valence-corrected chi connectivity index (χ4v) is 3.13. The molecule has 0 bridgehead atoms. The Bertz CT molecular complexity index is 895. The lowest BCUT2D eigenvalue weighted by molar-refractivity contribution is 0.0998. The van der Waals surface area contributed by atoms with Gasteiger partial charge in [0.1, 0.15) is 4.90 Å². The maximum atomic E-state index is 12.3. The Labute approximate surface area is 143 Å². The number of hydrogen-bond donors (Lipinski definition) is 3. The molecule has 2 rings (SSSR count). The van der Waals surface area contributed by atoms with Crippen LogP contribution in [0.1, 0.15) is 20.7 Å². The number of benzene rings is 2. The average molecular weight is 368 g/mol. The summed E-state index contributed by atoms with van der Waals surface area (Å²) in [5.74, 6) is -1.10. The minimum absolute atomic E-state index is 0.00621. The van der Waals surface area contributed by atoms with Gasteiger partial charge in [0.2, 0.25) is 15.9 Å². The summed E-state index contributed by atoms with van der Waals surface area (Å²) in [6, 6.07) is 9.88. The first-order valence-corrected chi connectivity index (χ1v) is 8.55. The van der Waals surface area contributed by atoms with Gasteiger partial charge in [0.15, 0.2) is 0 Å². The van der Waals surface area contributed by atoms with Crippen molar-refractivity contribution in [2.45, 2.75) is 4.90 Å². The fraction of sp³-hybridized carbons (Fsp3) is 0.0667. The van der Waals surface area contributed by atoms with E-state index in [1.165, 1.54) is 49.5 Å². The highest BCUT2D eigenvalue weighted by Gasteiger charge is 2.18. The van der Waals surface area contributed by atoms with Crippen LogP contribution in [0.3, 0.4) is 0 Å². The minimum atomic E-state index is -3.79. The number of primary amides is 1. The highest BCUT2D eigenvalue weighted by atomic mass is 35.5. The highest BCUT2D eigenvalue weighted by molar-refractivity contribution is 7.89. The number of carbonyl (C=O) groups is 2. The van der Waals surface area contributed by atoms with E-state index in [0.717, 1.165) is 0 Å². The van der Waals surface area contributed by atoms with Gasteiger partial charge in [-0.3, -0.25) is 9.59 Å². The second-order valence-electron chi connectivity index (χ2n) is 4.75. The largest absolute Gasteiger partial charge is 0.366 e. The summed E-state index contributed by atoms with van der Waals surface area (Å²) in [5, 5.41) is 2.60. The van der Waals surface area contributed by atoms with Gasteiger partial charge in [0.05, 0.1) is 5.02 Å². The molecule has 0 atom stereocenters. The van der Waals surface area contributed by atoms with Crippen LogP contribution in [0.2, 0.25) is 5.02 Å². The zero-order valence-electron chi connectivity index (χ0n) is 12.5. The highest BCUT2D eigenvalue weighted by Crippen LogP contribution is 2.23. The van der Waals surface area contributed by atoms with Crippen molar-refractivity contribution >= 4 is 39.1 Å². The van der Waals surface area contributed by atoms with Crippen LogP contribution >= 0.6 is 11.6 Å². The molecule has 0 saturated heterocycles. The molecule has 0 radical (unpaired) electrons. The van der Waals surface area contributed by atoms with Crippen molar-refractivity contribution in [3.8, 4) is 0 Å². The van der Waals surface area contributed by atoms with Gasteiger partial charge in [-0.2, -0.15) is 0 Å². The first kappa shape index (κ1) is 17.9. The summed E-state index contributed by atoms with van der Waals surface area (Å²) < 4.78 is 25.9. The van der Waals surface area contributed by atoms with E-state index in [-0.39, 0.29) is 15.5 Å². The zero-order chi connectivity index (χ0) is 17.9. The number of halogens is 1. The molecule has 0 spiro atoms. The van der Waals surface area contributed by atoms with Gasteiger partial charge >= 0.3 is 0 Å². The van der Waals surface area contributed by atoms with Crippen molar-refractivity contribution in [1.29, 1.82) is 0 Å². The predicted octanol–water partition coefficient (Wildman–Crippen LogP) is 1.60. The van der Waals surface area contributed by atoms with E-state index >= 15 is 0 Å². The Hall–Kier alpha value is -2.42. The monoisotopic (exact) mass is 367 g/mol. The fourth-order valence-electron chi connectivity index (χ4n) is 1.88. The van der Waals surface area contributed by atoms with E-state index in [4.69, 9.17) is 17.3 Å². The summed E-state index contributed by atoms with van der Waals surface area (Å²) in [6.45, 7) is 0. The Morgan fingerprint density at radius 1 is 1.04 bits per heavy atom. The first-order valence-electron chi connectivity index (χ1n) is 6.69. The van der Waals surface area contributed by atoms with Crippen LogP contribution in [0.25, 0.3) is 0 Å². The lowest BCUT2D eigenvalue weighted by Crippen LogP contribution is -2.20. The van der Waals surface area contributed by atoms with Crippen LogP contribution in [-0.4, -0.2) is 27.3 Å². The molecule has 0 fully saturated rings. The predicted molar refractivity (Wildman–Crippen MR) is 90.6 cm³/mol. The Morgan fingerprint density at radius 3 is 2.17 bits per heavy atom. The summed E-state index contributed by atoms with van der Waals surface area (Å²) in [4.78, 5) is 23.1. The number of carbonyl (C=O) groups excluding carboxylic acids is 2. The van der Waals surface area contributed by atoms with Crippen LogP contribution in [0.15, 0.2) is 47.4 Å². The first-order chi connectivity index (χ1) is 11.2. The maximum absolute atomic E-state index is 12.3. The number of anilines is 1. The van der Waals surface area contributed by atoms with E-state index in [9.17, 15) is 18.0 Å². The van der Waals surface area contributed by atoms with Crippen molar-refractivity contribution in [3.05, 3.63) is 58.6 Å². The Kier molecular flexibility index (Phi) is 5.23. The third-order valence-corrected chi connectivity index (χ3v) is 5.07. The quantitative estimate of drug-likeness (QED) is 0.743. The summed E-state index contributed by atoms with van der Waals surface area (Å²) in [7, 11) is -2.54. The van der Waals surface area contributed by atoms with Crippen LogP contribution in [0.4, 0.5) is 5.69 Å². The minimum Gasteiger partial charge on any atom is -0.366 e. The summed E-state index contributed by atoms with van der Waals surface area (Å²) >= 11 is 5.88. The molecule has 0 aromatic heterocycles. The Balaban J connectivity index is 2.27. The normalized spacial score (nSPS) is 11.1. The van der Waals surface area contributed by atoms with Gasteiger partial charge in [-0.05, 0) is 49.5 Å². The lowest BCUT2D eigenvalue weighted by atomic mass is 10.1. The van der Waals surface area contributed by atoms with Crippen LogP contribution in [-0.2, 0) is 10.0 Å². The average Bonchev–Trinajstić information content (AvgIpc) is 2.55. The molecule has 0 heterocycles. The smallest absolute Gasteiger partial charge is 0.255 e. The molecular weight excluding hydrogens is 354 g/mol. The summed E-state index contributed by atoms with van der Waals surface area (Å²) in [5.41, 5.74) is 5.99. The van der Waals surface area contributed by atoms with Gasteiger partial charge < -0.3 is 11.1 Å². The molecule has 24 heavy (non-hydrogen) atoms. The number of nitrogens with one attached hydrogen (secondary N) is 2. The Morgan fingerprint density at radius 2 is 1.62 bits per heavy atom. The molecule has 0 saturated carbocycles. The second-order valence-corrected chi connectivity index (χ2v) is 7.01. The SMILES string of the molecule is CNS(=O)(=O)c1cc(C(=O)Nc2ccc(C(N)=O)cc2)ccc1Cl. The zero-order valence-corrected chi connectivity index (χ0v) is 14.1.